The molecule has 0 bridgehead atoms. The zero-order valence-corrected chi connectivity index (χ0v) is 12.3. The summed E-state index contributed by atoms with van der Waals surface area (Å²) < 4.78 is 10.4. The quantitative estimate of drug-likeness (QED) is 0.848. The molecule has 0 heterocycles. The van der Waals surface area contributed by atoms with Gasteiger partial charge in [0.15, 0.2) is 0 Å². The van der Waals surface area contributed by atoms with Gasteiger partial charge < -0.3 is 20.5 Å². The molecular formula is C16H18N2O3. The molecule has 110 valence electrons. The molecule has 5 heteroatoms. The van der Waals surface area contributed by atoms with Crippen LogP contribution in [0.15, 0.2) is 36.4 Å². The number of amides is 1. The first-order chi connectivity index (χ1) is 10.1. The van der Waals surface area contributed by atoms with Crippen molar-refractivity contribution in [2.75, 3.05) is 25.3 Å². The summed E-state index contributed by atoms with van der Waals surface area (Å²) in [5, 5.41) is 2.80. The van der Waals surface area contributed by atoms with E-state index >= 15 is 0 Å². The molecule has 0 atom stereocenters. The van der Waals surface area contributed by atoms with Gasteiger partial charge in [-0.1, -0.05) is 12.1 Å². The Hall–Kier alpha value is -2.69. The average molecular weight is 286 g/mol. The summed E-state index contributed by atoms with van der Waals surface area (Å²) in [6.07, 6.45) is 0. The monoisotopic (exact) mass is 286 g/mol. The minimum atomic E-state index is -0.278. The Morgan fingerprint density at radius 3 is 2.57 bits per heavy atom. The second-order valence-electron chi connectivity index (χ2n) is 4.56. The molecule has 0 aromatic heterocycles. The molecule has 2 rings (SSSR count). The van der Waals surface area contributed by atoms with E-state index in [1.165, 1.54) is 7.11 Å². The Kier molecular flexibility index (Phi) is 4.33. The van der Waals surface area contributed by atoms with Crippen molar-refractivity contribution in [1.29, 1.82) is 0 Å². The molecule has 0 saturated carbocycles. The maximum Gasteiger partial charge on any atom is 0.257 e. The number of ether oxygens (including phenoxy) is 2. The highest BCUT2D eigenvalue weighted by Gasteiger charge is 2.13. The van der Waals surface area contributed by atoms with E-state index in [9.17, 15) is 4.79 Å². The number of benzene rings is 2. The molecule has 0 unspecified atom stereocenters. The Morgan fingerprint density at radius 1 is 1.14 bits per heavy atom. The largest absolute Gasteiger partial charge is 0.497 e. The third-order valence-corrected chi connectivity index (χ3v) is 3.23. The lowest BCUT2D eigenvalue weighted by Crippen LogP contribution is -2.15. The first-order valence-corrected chi connectivity index (χ1v) is 6.45. The molecule has 0 aliphatic heterocycles. The van der Waals surface area contributed by atoms with Crippen LogP contribution in [0.3, 0.4) is 0 Å². The molecule has 0 saturated heterocycles. The second-order valence-corrected chi connectivity index (χ2v) is 4.56. The highest BCUT2D eigenvalue weighted by molar-refractivity contribution is 6.08. The third kappa shape index (κ3) is 3.08. The Labute approximate surface area is 123 Å². The van der Waals surface area contributed by atoms with Crippen molar-refractivity contribution in [3.05, 3.63) is 47.5 Å². The molecule has 0 radical (unpaired) electrons. The van der Waals surface area contributed by atoms with Gasteiger partial charge in [0.2, 0.25) is 0 Å². The van der Waals surface area contributed by atoms with Crippen LogP contribution in [-0.4, -0.2) is 20.1 Å². The van der Waals surface area contributed by atoms with Gasteiger partial charge in [0, 0.05) is 11.8 Å². The fraction of sp³-hybridized carbons (Fsp3) is 0.188. The van der Waals surface area contributed by atoms with E-state index < -0.39 is 0 Å². The number of anilines is 2. The highest BCUT2D eigenvalue weighted by Crippen LogP contribution is 2.30. The van der Waals surface area contributed by atoms with Crippen LogP contribution >= 0.6 is 0 Å². The molecule has 0 fully saturated rings. The van der Waals surface area contributed by atoms with Crippen molar-refractivity contribution in [2.45, 2.75) is 6.92 Å². The van der Waals surface area contributed by atoms with E-state index in [1.807, 2.05) is 13.0 Å². The molecule has 21 heavy (non-hydrogen) atoms. The van der Waals surface area contributed by atoms with E-state index in [-0.39, 0.29) is 5.91 Å². The number of nitrogens with two attached hydrogens (primary N) is 1. The first-order valence-electron chi connectivity index (χ1n) is 6.45. The van der Waals surface area contributed by atoms with Crippen LogP contribution in [0.5, 0.6) is 11.5 Å². The summed E-state index contributed by atoms with van der Waals surface area (Å²) in [5.41, 5.74) is 8.28. The van der Waals surface area contributed by atoms with Gasteiger partial charge >= 0.3 is 0 Å². The van der Waals surface area contributed by atoms with Crippen molar-refractivity contribution in [1.82, 2.24) is 0 Å². The van der Waals surface area contributed by atoms with Gasteiger partial charge in [-0.25, -0.2) is 0 Å². The summed E-state index contributed by atoms with van der Waals surface area (Å²) in [5.74, 6) is 0.897. The molecule has 2 aromatic carbocycles. The van der Waals surface area contributed by atoms with Crippen LogP contribution in [0.4, 0.5) is 11.4 Å². The maximum absolute atomic E-state index is 12.3. The van der Waals surface area contributed by atoms with Gasteiger partial charge in [-0.3, -0.25) is 4.79 Å². The fourth-order valence-corrected chi connectivity index (χ4v) is 1.97. The third-order valence-electron chi connectivity index (χ3n) is 3.23. The molecule has 0 spiro atoms. The number of carbonyl (C=O) groups is 1. The van der Waals surface area contributed by atoms with Gasteiger partial charge in [-0.2, -0.15) is 0 Å². The van der Waals surface area contributed by atoms with E-state index in [0.29, 0.717) is 28.4 Å². The maximum atomic E-state index is 12.3. The lowest BCUT2D eigenvalue weighted by molar-refractivity contribution is 0.102. The van der Waals surface area contributed by atoms with Gasteiger partial charge in [0.05, 0.1) is 25.5 Å². The lowest BCUT2D eigenvalue weighted by atomic mass is 10.1. The number of methoxy groups -OCH3 is 2. The lowest BCUT2D eigenvalue weighted by Gasteiger charge is -2.13. The highest BCUT2D eigenvalue weighted by atomic mass is 16.5. The van der Waals surface area contributed by atoms with E-state index in [4.69, 9.17) is 15.2 Å². The Balaban J connectivity index is 2.29. The molecule has 2 aromatic rings. The van der Waals surface area contributed by atoms with Crippen LogP contribution in [0.2, 0.25) is 0 Å². The predicted molar refractivity (Wildman–Crippen MR) is 83.1 cm³/mol. The van der Waals surface area contributed by atoms with Crippen molar-refractivity contribution < 1.29 is 14.3 Å². The zero-order chi connectivity index (χ0) is 15.4. The summed E-state index contributed by atoms with van der Waals surface area (Å²) in [7, 11) is 3.10. The van der Waals surface area contributed by atoms with Crippen molar-refractivity contribution in [3.8, 4) is 11.5 Å². The van der Waals surface area contributed by atoms with Crippen LogP contribution in [-0.2, 0) is 0 Å². The van der Waals surface area contributed by atoms with E-state index in [2.05, 4.69) is 5.32 Å². The predicted octanol–water partition coefficient (Wildman–Crippen LogP) is 2.85. The number of nitrogens with one attached hydrogen (secondary N) is 1. The number of hydrogen-bond acceptors (Lipinski definition) is 4. The topological polar surface area (TPSA) is 73.6 Å². The molecule has 1 amide bonds. The zero-order valence-electron chi connectivity index (χ0n) is 12.3. The number of hydrogen-bond donors (Lipinski definition) is 2. The van der Waals surface area contributed by atoms with Gasteiger partial charge in [-0.05, 0) is 30.7 Å². The minimum Gasteiger partial charge on any atom is -0.497 e. The minimum absolute atomic E-state index is 0.278. The van der Waals surface area contributed by atoms with Crippen LogP contribution < -0.4 is 20.5 Å². The fourth-order valence-electron chi connectivity index (χ4n) is 1.97. The Morgan fingerprint density at radius 2 is 1.90 bits per heavy atom. The summed E-state index contributed by atoms with van der Waals surface area (Å²) in [4.78, 5) is 12.3. The van der Waals surface area contributed by atoms with Gasteiger partial charge in [0.1, 0.15) is 11.5 Å². The van der Waals surface area contributed by atoms with Crippen LogP contribution in [0.25, 0.3) is 0 Å². The standard InChI is InChI=1S/C16H18N2O3/c1-10-5-4-6-12(15(10)17)16(19)18-13-8-7-11(20-2)9-14(13)21-3/h4-9H,17H2,1-3H3,(H,18,19). The summed E-state index contributed by atoms with van der Waals surface area (Å²) in [6, 6.07) is 10.5. The van der Waals surface area contributed by atoms with E-state index in [0.717, 1.165) is 5.56 Å². The summed E-state index contributed by atoms with van der Waals surface area (Å²) >= 11 is 0. The molecule has 3 N–H and O–H groups in total. The SMILES string of the molecule is COc1ccc(NC(=O)c2cccc(C)c2N)c(OC)c1. The van der Waals surface area contributed by atoms with Crippen molar-refractivity contribution in [3.63, 3.8) is 0 Å². The van der Waals surface area contributed by atoms with Crippen molar-refractivity contribution >= 4 is 17.3 Å². The van der Waals surface area contributed by atoms with Gasteiger partial charge in [-0.15, -0.1) is 0 Å². The second kappa shape index (κ2) is 6.17. The Bertz CT molecular complexity index is 669. The normalized spacial score (nSPS) is 10.0. The number of carbonyl (C=O) groups excluding carboxylic acids is 1. The van der Waals surface area contributed by atoms with Crippen molar-refractivity contribution in [2.24, 2.45) is 0 Å². The van der Waals surface area contributed by atoms with Crippen LogP contribution in [0, 0.1) is 6.92 Å². The summed E-state index contributed by atoms with van der Waals surface area (Å²) in [6.45, 7) is 1.86. The number of nitrogen functional groups attached to an aromatic ring is 1. The molecular weight excluding hydrogens is 268 g/mol. The average Bonchev–Trinajstić information content (AvgIpc) is 2.50. The molecule has 5 nitrogen and oxygen atoms in total. The smallest absolute Gasteiger partial charge is 0.257 e. The number of para-hydroxylation sites is 1. The number of rotatable bonds is 4. The van der Waals surface area contributed by atoms with E-state index in [1.54, 1.807) is 37.4 Å². The first kappa shape index (κ1) is 14.7. The van der Waals surface area contributed by atoms with Gasteiger partial charge in [0.25, 0.3) is 5.91 Å². The van der Waals surface area contributed by atoms with Crippen LogP contribution in [0.1, 0.15) is 15.9 Å². The number of aryl methyl sites for hydroxylation is 1. The molecule has 0 aliphatic carbocycles. The molecule has 0 aliphatic rings.